The molecule has 2 rings (SSSR count). The van der Waals surface area contributed by atoms with E-state index in [-0.39, 0.29) is 12.0 Å². The van der Waals surface area contributed by atoms with Crippen LogP contribution in [0.15, 0.2) is 24.3 Å². The van der Waals surface area contributed by atoms with Gasteiger partial charge in [-0.25, -0.2) is 4.79 Å². The predicted molar refractivity (Wildman–Crippen MR) is 81.7 cm³/mol. The summed E-state index contributed by atoms with van der Waals surface area (Å²) in [5.74, 6) is -2.11. The van der Waals surface area contributed by atoms with E-state index >= 15 is 0 Å². The third kappa shape index (κ3) is 4.62. The number of methoxy groups -OCH3 is 1. The number of anilines is 1. The highest BCUT2D eigenvalue weighted by molar-refractivity contribution is 5.96. The van der Waals surface area contributed by atoms with Crippen molar-refractivity contribution in [3.8, 4) is 0 Å². The summed E-state index contributed by atoms with van der Waals surface area (Å²) >= 11 is 0. The fourth-order valence-corrected chi connectivity index (χ4v) is 2.85. The first-order chi connectivity index (χ1) is 11.3. The molecule has 1 aliphatic rings. The van der Waals surface area contributed by atoms with Crippen LogP contribution in [-0.4, -0.2) is 31.3 Å². The van der Waals surface area contributed by atoms with Crippen LogP contribution in [0, 0.1) is 5.92 Å². The highest BCUT2D eigenvalue weighted by Gasteiger charge is 2.45. The van der Waals surface area contributed by atoms with Gasteiger partial charge >= 0.3 is 12.3 Å². The summed E-state index contributed by atoms with van der Waals surface area (Å²) in [6.45, 7) is 0. The minimum atomic E-state index is -4.33. The Hall–Kier alpha value is -2.25. The fourth-order valence-electron chi connectivity index (χ4n) is 2.85. The Morgan fingerprint density at radius 2 is 1.92 bits per heavy atom. The molecule has 0 radical (unpaired) electrons. The Morgan fingerprint density at radius 1 is 1.21 bits per heavy atom. The Kier molecular flexibility index (Phi) is 5.69. The van der Waals surface area contributed by atoms with E-state index in [1.165, 1.54) is 25.3 Å². The van der Waals surface area contributed by atoms with Crippen molar-refractivity contribution in [1.29, 1.82) is 0 Å². The van der Waals surface area contributed by atoms with Gasteiger partial charge in [0.25, 0.3) is 5.91 Å². The summed E-state index contributed by atoms with van der Waals surface area (Å²) in [6, 6.07) is 5.01. The number of benzene rings is 1. The zero-order valence-corrected chi connectivity index (χ0v) is 13.2. The van der Waals surface area contributed by atoms with Gasteiger partial charge in [0.15, 0.2) is 0 Å². The maximum Gasteiger partial charge on any atom is 0.411 e. The molecule has 2 N–H and O–H groups in total. The second-order valence-corrected chi connectivity index (χ2v) is 5.71. The molecule has 1 saturated carbocycles. The van der Waals surface area contributed by atoms with E-state index in [4.69, 9.17) is 0 Å². The number of ether oxygens (including phenoxy) is 1. The van der Waals surface area contributed by atoms with Crippen molar-refractivity contribution in [2.75, 3.05) is 12.4 Å². The zero-order chi connectivity index (χ0) is 17.7. The largest absolute Gasteiger partial charge is 0.453 e. The maximum atomic E-state index is 13.1. The maximum absolute atomic E-state index is 13.1. The predicted octanol–water partition coefficient (Wildman–Crippen LogP) is 3.72. The number of hydrogen-bond acceptors (Lipinski definition) is 3. The SMILES string of the molecule is COC(=O)Nc1cccc(C(=O)N[C@H]2CCCC[C@@H]2C(F)(F)F)c1. The summed E-state index contributed by atoms with van der Waals surface area (Å²) < 4.78 is 43.7. The van der Waals surface area contributed by atoms with Crippen LogP contribution in [0.1, 0.15) is 36.0 Å². The Morgan fingerprint density at radius 3 is 2.58 bits per heavy atom. The minimum absolute atomic E-state index is 0.0262. The Bertz CT molecular complexity index is 604. The van der Waals surface area contributed by atoms with Crippen LogP contribution in [0.3, 0.4) is 0 Å². The second kappa shape index (κ2) is 7.55. The molecule has 1 aliphatic carbocycles. The number of nitrogens with one attached hydrogen (secondary N) is 2. The van der Waals surface area contributed by atoms with E-state index in [9.17, 15) is 22.8 Å². The molecule has 2 amide bonds. The molecule has 24 heavy (non-hydrogen) atoms. The molecule has 1 fully saturated rings. The molecule has 2 atom stereocenters. The van der Waals surface area contributed by atoms with Gasteiger partial charge in [-0.05, 0) is 31.0 Å². The van der Waals surface area contributed by atoms with E-state index in [1.807, 2.05) is 0 Å². The fraction of sp³-hybridized carbons (Fsp3) is 0.500. The summed E-state index contributed by atoms with van der Waals surface area (Å²) in [4.78, 5) is 23.4. The number of carbonyl (C=O) groups excluding carboxylic acids is 2. The van der Waals surface area contributed by atoms with Gasteiger partial charge in [-0.3, -0.25) is 10.1 Å². The van der Waals surface area contributed by atoms with Crippen LogP contribution in [0.5, 0.6) is 0 Å². The number of rotatable bonds is 3. The van der Waals surface area contributed by atoms with E-state index in [2.05, 4.69) is 15.4 Å². The second-order valence-electron chi connectivity index (χ2n) is 5.71. The van der Waals surface area contributed by atoms with Crippen LogP contribution in [-0.2, 0) is 4.74 Å². The number of amides is 2. The molecule has 8 heteroatoms. The van der Waals surface area contributed by atoms with E-state index in [0.717, 1.165) is 0 Å². The molecule has 1 aromatic rings. The first kappa shape index (κ1) is 18.1. The van der Waals surface area contributed by atoms with Gasteiger partial charge in [-0.1, -0.05) is 18.9 Å². The molecular weight excluding hydrogens is 325 g/mol. The molecule has 0 bridgehead atoms. The molecule has 132 valence electrons. The Labute approximate surface area is 137 Å². The Balaban J connectivity index is 2.08. The van der Waals surface area contributed by atoms with Gasteiger partial charge in [-0.2, -0.15) is 13.2 Å². The highest BCUT2D eigenvalue weighted by Crippen LogP contribution is 2.37. The van der Waals surface area contributed by atoms with Gasteiger partial charge in [0.2, 0.25) is 0 Å². The normalized spacial score (nSPS) is 21.0. The van der Waals surface area contributed by atoms with Crippen LogP contribution in [0.25, 0.3) is 0 Å². The van der Waals surface area contributed by atoms with Gasteiger partial charge in [0.05, 0.1) is 13.0 Å². The lowest BCUT2D eigenvalue weighted by molar-refractivity contribution is -0.187. The van der Waals surface area contributed by atoms with Crippen molar-refractivity contribution < 1.29 is 27.5 Å². The first-order valence-corrected chi connectivity index (χ1v) is 7.64. The smallest absolute Gasteiger partial charge is 0.411 e. The molecular formula is C16H19F3N2O3. The standard InChI is InChI=1S/C16H19F3N2O3/c1-24-15(23)20-11-6-4-5-10(9-11)14(22)21-13-8-3-2-7-12(13)16(17,18)19/h4-6,9,12-13H,2-3,7-8H2,1H3,(H,20,23)(H,21,22)/t12-,13-/m0/s1. The third-order valence-electron chi connectivity index (χ3n) is 4.06. The van der Waals surface area contributed by atoms with Crippen LogP contribution < -0.4 is 10.6 Å². The molecule has 0 heterocycles. The average Bonchev–Trinajstić information content (AvgIpc) is 2.54. The monoisotopic (exact) mass is 344 g/mol. The summed E-state index contributed by atoms with van der Waals surface area (Å²) in [7, 11) is 1.20. The van der Waals surface area contributed by atoms with Crippen LogP contribution >= 0.6 is 0 Å². The van der Waals surface area contributed by atoms with E-state index in [1.54, 1.807) is 6.07 Å². The quantitative estimate of drug-likeness (QED) is 0.878. The lowest BCUT2D eigenvalue weighted by atomic mass is 9.84. The van der Waals surface area contributed by atoms with Crippen molar-refractivity contribution in [2.45, 2.75) is 37.9 Å². The van der Waals surface area contributed by atoms with Crippen LogP contribution in [0.4, 0.5) is 23.7 Å². The molecule has 1 aromatic carbocycles. The van der Waals surface area contributed by atoms with Gasteiger partial charge in [0.1, 0.15) is 0 Å². The molecule has 0 aromatic heterocycles. The first-order valence-electron chi connectivity index (χ1n) is 7.64. The van der Waals surface area contributed by atoms with Crippen molar-refractivity contribution in [3.63, 3.8) is 0 Å². The van der Waals surface area contributed by atoms with E-state index < -0.39 is 30.1 Å². The summed E-state index contributed by atoms with van der Waals surface area (Å²) in [5.41, 5.74) is 0.501. The molecule has 0 aliphatic heterocycles. The van der Waals surface area contributed by atoms with Gasteiger partial charge < -0.3 is 10.1 Å². The third-order valence-corrected chi connectivity index (χ3v) is 4.06. The van der Waals surface area contributed by atoms with Crippen LogP contribution in [0.2, 0.25) is 0 Å². The molecule has 0 unspecified atom stereocenters. The number of carbonyl (C=O) groups is 2. The van der Waals surface area contributed by atoms with Gasteiger partial charge in [-0.15, -0.1) is 0 Å². The van der Waals surface area contributed by atoms with E-state index in [0.29, 0.717) is 24.9 Å². The number of hydrogen-bond donors (Lipinski definition) is 2. The topological polar surface area (TPSA) is 67.4 Å². The van der Waals surface area contributed by atoms with Crippen molar-refractivity contribution >= 4 is 17.7 Å². The molecule has 5 nitrogen and oxygen atoms in total. The number of halogens is 3. The summed E-state index contributed by atoms with van der Waals surface area (Å²) in [5, 5.41) is 4.89. The molecule has 0 saturated heterocycles. The van der Waals surface area contributed by atoms with Crippen molar-refractivity contribution in [1.82, 2.24) is 5.32 Å². The van der Waals surface area contributed by atoms with Gasteiger partial charge in [0, 0.05) is 17.3 Å². The lowest BCUT2D eigenvalue weighted by Crippen LogP contribution is -2.47. The molecule has 0 spiro atoms. The minimum Gasteiger partial charge on any atom is -0.453 e. The summed E-state index contributed by atoms with van der Waals surface area (Å²) in [6.07, 6.45) is -3.53. The zero-order valence-electron chi connectivity index (χ0n) is 13.2. The lowest BCUT2D eigenvalue weighted by Gasteiger charge is -2.33. The highest BCUT2D eigenvalue weighted by atomic mass is 19.4. The number of alkyl halides is 3. The average molecular weight is 344 g/mol. The van der Waals surface area contributed by atoms with Crippen molar-refractivity contribution in [3.05, 3.63) is 29.8 Å². The van der Waals surface area contributed by atoms with Crippen molar-refractivity contribution in [2.24, 2.45) is 5.92 Å².